The SMILES string of the molecule is CCn1cc(C(C)Nc2ccc(C)cc2[N+](=O)[O-])cn1. The zero-order valence-electron chi connectivity index (χ0n) is 11.8. The van der Waals surface area contributed by atoms with Crippen molar-refractivity contribution in [1.29, 1.82) is 0 Å². The van der Waals surface area contributed by atoms with Crippen molar-refractivity contribution >= 4 is 11.4 Å². The van der Waals surface area contributed by atoms with E-state index in [2.05, 4.69) is 10.4 Å². The van der Waals surface area contributed by atoms with Crippen molar-refractivity contribution in [3.05, 3.63) is 51.8 Å². The van der Waals surface area contributed by atoms with Gasteiger partial charge >= 0.3 is 0 Å². The molecule has 0 saturated heterocycles. The van der Waals surface area contributed by atoms with Crippen LogP contribution in [0.2, 0.25) is 0 Å². The standard InChI is InChI=1S/C14H18N4O2/c1-4-17-9-12(8-15-17)11(3)16-13-6-5-10(2)7-14(13)18(19)20/h5-9,11,16H,4H2,1-3H3. The van der Waals surface area contributed by atoms with Crippen LogP contribution in [0.5, 0.6) is 0 Å². The van der Waals surface area contributed by atoms with E-state index in [1.165, 1.54) is 0 Å². The van der Waals surface area contributed by atoms with Gasteiger partial charge in [-0.05, 0) is 32.4 Å². The zero-order chi connectivity index (χ0) is 14.7. The third-order valence-corrected chi connectivity index (χ3v) is 3.20. The van der Waals surface area contributed by atoms with Crippen LogP contribution < -0.4 is 5.32 Å². The monoisotopic (exact) mass is 274 g/mol. The first-order valence-corrected chi connectivity index (χ1v) is 6.55. The molecular formula is C14H18N4O2. The number of benzene rings is 1. The molecule has 0 aliphatic heterocycles. The maximum atomic E-state index is 11.1. The second kappa shape index (κ2) is 5.73. The summed E-state index contributed by atoms with van der Waals surface area (Å²) in [5.41, 5.74) is 2.49. The summed E-state index contributed by atoms with van der Waals surface area (Å²) in [6.07, 6.45) is 3.72. The molecule has 0 radical (unpaired) electrons. The van der Waals surface area contributed by atoms with Gasteiger partial charge in [0.05, 0.1) is 17.2 Å². The Bertz CT molecular complexity index is 621. The molecule has 0 aliphatic rings. The van der Waals surface area contributed by atoms with Crippen LogP contribution in [0.15, 0.2) is 30.6 Å². The van der Waals surface area contributed by atoms with Gasteiger partial charge in [0.1, 0.15) is 5.69 Å². The molecule has 0 spiro atoms. The smallest absolute Gasteiger partial charge is 0.292 e. The van der Waals surface area contributed by atoms with E-state index in [-0.39, 0.29) is 16.7 Å². The highest BCUT2D eigenvalue weighted by atomic mass is 16.6. The van der Waals surface area contributed by atoms with E-state index in [0.29, 0.717) is 5.69 Å². The van der Waals surface area contributed by atoms with Gasteiger partial charge in [-0.25, -0.2) is 0 Å². The van der Waals surface area contributed by atoms with Crippen LogP contribution >= 0.6 is 0 Å². The minimum Gasteiger partial charge on any atom is -0.373 e. The Morgan fingerprint density at radius 3 is 2.85 bits per heavy atom. The average Bonchev–Trinajstić information content (AvgIpc) is 2.89. The lowest BCUT2D eigenvalue weighted by Gasteiger charge is -2.14. The predicted molar refractivity (Wildman–Crippen MR) is 77.8 cm³/mol. The normalized spacial score (nSPS) is 12.2. The van der Waals surface area contributed by atoms with Gasteiger partial charge < -0.3 is 5.32 Å². The van der Waals surface area contributed by atoms with Gasteiger partial charge in [0.25, 0.3) is 5.69 Å². The molecule has 0 fully saturated rings. The number of anilines is 1. The second-order valence-electron chi connectivity index (χ2n) is 4.77. The summed E-state index contributed by atoms with van der Waals surface area (Å²) in [5, 5.41) is 18.5. The molecule has 2 rings (SSSR count). The van der Waals surface area contributed by atoms with Crippen LogP contribution in [-0.2, 0) is 6.54 Å². The Morgan fingerprint density at radius 1 is 1.50 bits per heavy atom. The molecule has 1 heterocycles. The van der Waals surface area contributed by atoms with Crippen LogP contribution in [-0.4, -0.2) is 14.7 Å². The van der Waals surface area contributed by atoms with Gasteiger partial charge in [-0.2, -0.15) is 5.10 Å². The van der Waals surface area contributed by atoms with Gasteiger partial charge in [0, 0.05) is 24.4 Å². The molecule has 1 aromatic carbocycles. The molecule has 1 aromatic heterocycles. The third-order valence-electron chi connectivity index (χ3n) is 3.20. The summed E-state index contributed by atoms with van der Waals surface area (Å²) < 4.78 is 1.83. The highest BCUT2D eigenvalue weighted by Gasteiger charge is 2.16. The molecule has 0 saturated carbocycles. The van der Waals surface area contributed by atoms with Crippen LogP contribution in [0, 0.1) is 17.0 Å². The van der Waals surface area contributed by atoms with Gasteiger partial charge in [0.2, 0.25) is 0 Å². The molecule has 0 aliphatic carbocycles. The lowest BCUT2D eigenvalue weighted by atomic mass is 10.1. The fourth-order valence-corrected chi connectivity index (χ4v) is 2.01. The molecule has 0 amide bonds. The van der Waals surface area contributed by atoms with Crippen molar-refractivity contribution in [1.82, 2.24) is 9.78 Å². The first kappa shape index (κ1) is 14.0. The average molecular weight is 274 g/mol. The molecule has 1 N–H and O–H groups in total. The fraction of sp³-hybridized carbons (Fsp3) is 0.357. The lowest BCUT2D eigenvalue weighted by Crippen LogP contribution is -2.08. The minimum absolute atomic E-state index is 0.0447. The van der Waals surface area contributed by atoms with Crippen molar-refractivity contribution in [3.8, 4) is 0 Å². The van der Waals surface area contributed by atoms with Crippen molar-refractivity contribution in [2.24, 2.45) is 0 Å². The Kier molecular flexibility index (Phi) is 4.02. The number of nitro benzene ring substituents is 1. The Morgan fingerprint density at radius 2 is 2.25 bits per heavy atom. The van der Waals surface area contributed by atoms with E-state index in [9.17, 15) is 10.1 Å². The summed E-state index contributed by atoms with van der Waals surface area (Å²) in [6, 6.07) is 5.13. The number of rotatable bonds is 5. The van der Waals surface area contributed by atoms with Crippen molar-refractivity contribution in [2.45, 2.75) is 33.4 Å². The topological polar surface area (TPSA) is 73.0 Å². The summed E-state index contributed by atoms with van der Waals surface area (Å²) in [7, 11) is 0. The molecule has 0 bridgehead atoms. The summed E-state index contributed by atoms with van der Waals surface area (Å²) in [5.74, 6) is 0. The van der Waals surface area contributed by atoms with Gasteiger partial charge in [-0.3, -0.25) is 14.8 Å². The van der Waals surface area contributed by atoms with Gasteiger partial charge in [-0.15, -0.1) is 0 Å². The maximum absolute atomic E-state index is 11.1. The van der Waals surface area contributed by atoms with Crippen molar-refractivity contribution < 1.29 is 4.92 Å². The molecular weight excluding hydrogens is 256 g/mol. The third kappa shape index (κ3) is 2.96. The largest absolute Gasteiger partial charge is 0.373 e. The minimum atomic E-state index is -0.364. The summed E-state index contributed by atoms with van der Waals surface area (Å²) in [6.45, 7) is 6.61. The number of aromatic nitrogens is 2. The zero-order valence-corrected chi connectivity index (χ0v) is 11.8. The number of nitrogens with zero attached hydrogens (tertiary/aromatic N) is 3. The Balaban J connectivity index is 2.23. The lowest BCUT2D eigenvalue weighted by molar-refractivity contribution is -0.384. The molecule has 106 valence electrons. The molecule has 6 heteroatoms. The maximum Gasteiger partial charge on any atom is 0.292 e. The molecule has 2 aromatic rings. The number of hydrogen-bond acceptors (Lipinski definition) is 4. The fourth-order valence-electron chi connectivity index (χ4n) is 2.01. The van der Waals surface area contributed by atoms with E-state index in [0.717, 1.165) is 17.7 Å². The van der Waals surface area contributed by atoms with E-state index >= 15 is 0 Å². The number of hydrogen-bond donors (Lipinski definition) is 1. The van der Waals surface area contributed by atoms with Crippen LogP contribution in [0.3, 0.4) is 0 Å². The quantitative estimate of drug-likeness (QED) is 0.670. The van der Waals surface area contributed by atoms with Crippen LogP contribution in [0.25, 0.3) is 0 Å². The highest BCUT2D eigenvalue weighted by Crippen LogP contribution is 2.28. The van der Waals surface area contributed by atoms with E-state index in [1.807, 2.05) is 37.7 Å². The number of nitrogens with one attached hydrogen (secondary N) is 1. The van der Waals surface area contributed by atoms with E-state index in [4.69, 9.17) is 0 Å². The van der Waals surface area contributed by atoms with Crippen LogP contribution in [0.1, 0.15) is 31.0 Å². The van der Waals surface area contributed by atoms with Crippen molar-refractivity contribution in [3.63, 3.8) is 0 Å². The first-order valence-electron chi connectivity index (χ1n) is 6.55. The Hall–Kier alpha value is -2.37. The first-order chi connectivity index (χ1) is 9.51. The molecule has 1 unspecified atom stereocenters. The summed E-state index contributed by atoms with van der Waals surface area (Å²) in [4.78, 5) is 10.7. The summed E-state index contributed by atoms with van der Waals surface area (Å²) >= 11 is 0. The van der Waals surface area contributed by atoms with Gasteiger partial charge in [0.15, 0.2) is 0 Å². The molecule has 1 atom stereocenters. The molecule has 20 heavy (non-hydrogen) atoms. The second-order valence-corrected chi connectivity index (χ2v) is 4.77. The van der Waals surface area contributed by atoms with E-state index < -0.39 is 0 Å². The number of aryl methyl sites for hydroxylation is 2. The number of nitro groups is 1. The van der Waals surface area contributed by atoms with Crippen molar-refractivity contribution in [2.75, 3.05) is 5.32 Å². The highest BCUT2D eigenvalue weighted by molar-refractivity contribution is 5.63. The van der Waals surface area contributed by atoms with Crippen LogP contribution in [0.4, 0.5) is 11.4 Å². The molecule has 6 nitrogen and oxygen atoms in total. The van der Waals surface area contributed by atoms with E-state index in [1.54, 1.807) is 18.3 Å². The Labute approximate surface area is 117 Å². The predicted octanol–water partition coefficient (Wildman–Crippen LogP) is 3.29. The van der Waals surface area contributed by atoms with Gasteiger partial charge in [-0.1, -0.05) is 6.07 Å².